The van der Waals surface area contributed by atoms with Gasteiger partial charge < -0.3 is 9.84 Å². The fourth-order valence-corrected chi connectivity index (χ4v) is 3.78. The third-order valence-corrected chi connectivity index (χ3v) is 5.28. The lowest BCUT2D eigenvalue weighted by Gasteiger charge is -2.14. The molecule has 0 aliphatic carbocycles. The van der Waals surface area contributed by atoms with Gasteiger partial charge in [-0.05, 0) is 74.0 Å². The van der Waals surface area contributed by atoms with Crippen LogP contribution in [0.15, 0.2) is 45.5 Å². The van der Waals surface area contributed by atoms with Crippen molar-refractivity contribution in [3.63, 3.8) is 0 Å². The van der Waals surface area contributed by atoms with Crippen LogP contribution in [0.3, 0.4) is 0 Å². The van der Waals surface area contributed by atoms with Gasteiger partial charge in [0, 0.05) is 5.56 Å². The predicted octanol–water partition coefficient (Wildman–Crippen LogP) is 5.78. The first-order valence-corrected chi connectivity index (χ1v) is 10.0. The average molecular weight is 493 g/mol. The highest BCUT2D eigenvalue weighted by Crippen LogP contribution is 2.36. The molecule has 140 valence electrons. The average Bonchev–Trinajstić information content (AvgIpc) is 2.64. The minimum atomic E-state index is 0.142. The van der Waals surface area contributed by atoms with Crippen LogP contribution in [0.1, 0.15) is 36.7 Å². The standard InChI is InChI=1S/C20H19Br2N3O2/c1-11(2)14-5-4-12(3)6-18(14)27-10-19-23-9-17(24-25-19)13-7-15(21)20(26)16(22)8-13/h4-9,11,26H,10H2,1-3H3. The molecule has 1 aromatic heterocycles. The van der Waals surface area contributed by atoms with Gasteiger partial charge >= 0.3 is 0 Å². The van der Waals surface area contributed by atoms with E-state index in [1.807, 2.05) is 13.0 Å². The van der Waals surface area contributed by atoms with Crippen molar-refractivity contribution >= 4 is 31.9 Å². The van der Waals surface area contributed by atoms with Crippen LogP contribution in [0, 0.1) is 6.92 Å². The Kier molecular flexibility index (Phi) is 6.11. The molecule has 1 heterocycles. The number of phenolic OH excluding ortho intramolecular Hbond substituents is 1. The molecule has 0 aliphatic heterocycles. The topological polar surface area (TPSA) is 68.1 Å². The number of benzene rings is 2. The van der Waals surface area contributed by atoms with Crippen LogP contribution in [0.2, 0.25) is 0 Å². The van der Waals surface area contributed by atoms with Crippen LogP contribution in [-0.2, 0) is 6.61 Å². The lowest BCUT2D eigenvalue weighted by atomic mass is 10.0. The zero-order valence-corrected chi connectivity index (χ0v) is 18.4. The zero-order chi connectivity index (χ0) is 19.6. The van der Waals surface area contributed by atoms with Gasteiger partial charge in [-0.3, -0.25) is 0 Å². The summed E-state index contributed by atoms with van der Waals surface area (Å²) in [6, 6.07) is 9.75. The third kappa shape index (κ3) is 4.65. The number of ether oxygens (including phenoxy) is 1. The SMILES string of the molecule is Cc1ccc(C(C)C)c(OCc2ncc(-c3cc(Br)c(O)c(Br)c3)nn2)c1. The van der Waals surface area contributed by atoms with Gasteiger partial charge in [0.25, 0.3) is 0 Å². The number of aryl methyl sites for hydroxylation is 1. The first-order chi connectivity index (χ1) is 12.8. The Labute approximate surface area is 175 Å². The summed E-state index contributed by atoms with van der Waals surface area (Å²) in [5.41, 5.74) is 3.70. The molecule has 3 aromatic rings. The number of phenols is 1. The van der Waals surface area contributed by atoms with Crippen LogP contribution < -0.4 is 4.74 Å². The highest BCUT2D eigenvalue weighted by molar-refractivity contribution is 9.11. The summed E-state index contributed by atoms with van der Waals surface area (Å²) >= 11 is 6.63. The summed E-state index contributed by atoms with van der Waals surface area (Å²) in [4.78, 5) is 4.36. The summed E-state index contributed by atoms with van der Waals surface area (Å²) in [5.74, 6) is 1.87. The maximum Gasteiger partial charge on any atom is 0.188 e. The molecular weight excluding hydrogens is 474 g/mol. The van der Waals surface area contributed by atoms with Crippen molar-refractivity contribution in [1.29, 1.82) is 0 Å². The molecule has 7 heteroatoms. The van der Waals surface area contributed by atoms with E-state index in [1.54, 1.807) is 18.3 Å². The lowest BCUT2D eigenvalue weighted by Crippen LogP contribution is -2.05. The molecule has 0 atom stereocenters. The van der Waals surface area contributed by atoms with Crippen molar-refractivity contribution < 1.29 is 9.84 Å². The fourth-order valence-electron chi connectivity index (χ4n) is 2.60. The molecule has 0 bridgehead atoms. The number of halogens is 2. The second kappa shape index (κ2) is 8.35. The molecule has 2 aromatic carbocycles. The van der Waals surface area contributed by atoms with Gasteiger partial charge in [0.05, 0.1) is 15.1 Å². The molecule has 0 saturated heterocycles. The number of aromatic nitrogens is 3. The monoisotopic (exact) mass is 491 g/mol. The van der Waals surface area contributed by atoms with Gasteiger partial charge in [-0.25, -0.2) is 4.98 Å². The molecule has 5 nitrogen and oxygen atoms in total. The molecule has 0 amide bonds. The lowest BCUT2D eigenvalue weighted by molar-refractivity contribution is 0.290. The van der Waals surface area contributed by atoms with Gasteiger partial charge in [0.15, 0.2) is 5.82 Å². The number of aromatic hydroxyl groups is 1. The van der Waals surface area contributed by atoms with Gasteiger partial charge in [-0.15, -0.1) is 10.2 Å². The Hall–Kier alpha value is -1.99. The Bertz CT molecular complexity index is 937. The number of rotatable bonds is 5. The first-order valence-electron chi connectivity index (χ1n) is 8.45. The predicted molar refractivity (Wildman–Crippen MR) is 112 cm³/mol. The molecule has 3 rings (SSSR count). The van der Waals surface area contributed by atoms with Crippen LogP contribution >= 0.6 is 31.9 Å². The van der Waals surface area contributed by atoms with E-state index < -0.39 is 0 Å². The van der Waals surface area contributed by atoms with Gasteiger partial charge in [-0.1, -0.05) is 26.0 Å². The Balaban J connectivity index is 1.77. The van der Waals surface area contributed by atoms with Gasteiger partial charge in [0.2, 0.25) is 0 Å². The van der Waals surface area contributed by atoms with Gasteiger partial charge in [-0.2, -0.15) is 0 Å². The van der Waals surface area contributed by atoms with Crippen molar-refractivity contribution in [2.45, 2.75) is 33.3 Å². The minimum Gasteiger partial charge on any atom is -0.506 e. The van der Waals surface area contributed by atoms with E-state index in [4.69, 9.17) is 4.74 Å². The van der Waals surface area contributed by atoms with E-state index >= 15 is 0 Å². The van der Waals surface area contributed by atoms with Crippen molar-refractivity contribution in [3.8, 4) is 22.8 Å². The summed E-state index contributed by atoms with van der Waals surface area (Å²) < 4.78 is 7.09. The smallest absolute Gasteiger partial charge is 0.188 e. The molecule has 0 saturated carbocycles. The van der Waals surface area contributed by atoms with Crippen LogP contribution in [0.5, 0.6) is 11.5 Å². The van der Waals surface area contributed by atoms with E-state index in [-0.39, 0.29) is 12.4 Å². The molecule has 27 heavy (non-hydrogen) atoms. The molecule has 0 fully saturated rings. The van der Waals surface area contributed by atoms with Gasteiger partial charge in [0.1, 0.15) is 23.8 Å². The molecular formula is C20H19Br2N3O2. The third-order valence-electron chi connectivity index (χ3n) is 4.07. The second-order valence-corrected chi connectivity index (χ2v) is 8.24. The van der Waals surface area contributed by atoms with Crippen LogP contribution in [0.25, 0.3) is 11.3 Å². The normalized spacial score (nSPS) is 11.0. The summed E-state index contributed by atoms with van der Waals surface area (Å²) in [5, 5.41) is 18.2. The Morgan fingerprint density at radius 3 is 2.37 bits per heavy atom. The van der Waals surface area contributed by atoms with E-state index in [1.165, 1.54) is 0 Å². The molecule has 1 N–H and O–H groups in total. The molecule has 0 unspecified atom stereocenters. The van der Waals surface area contributed by atoms with Crippen LogP contribution in [0.4, 0.5) is 0 Å². The van der Waals surface area contributed by atoms with E-state index in [2.05, 4.69) is 73.0 Å². The highest BCUT2D eigenvalue weighted by atomic mass is 79.9. The summed E-state index contributed by atoms with van der Waals surface area (Å²) in [6.07, 6.45) is 1.65. The largest absolute Gasteiger partial charge is 0.506 e. The molecule has 0 radical (unpaired) electrons. The quantitative estimate of drug-likeness (QED) is 0.488. The summed E-state index contributed by atoms with van der Waals surface area (Å²) in [7, 11) is 0. The van der Waals surface area contributed by atoms with Crippen LogP contribution in [-0.4, -0.2) is 20.3 Å². The second-order valence-electron chi connectivity index (χ2n) is 6.53. The Morgan fingerprint density at radius 2 is 1.78 bits per heavy atom. The van der Waals surface area contributed by atoms with E-state index in [0.29, 0.717) is 26.4 Å². The van der Waals surface area contributed by atoms with Crippen molar-refractivity contribution in [1.82, 2.24) is 15.2 Å². The summed E-state index contributed by atoms with van der Waals surface area (Å²) in [6.45, 7) is 6.56. The number of hydrogen-bond acceptors (Lipinski definition) is 5. The number of hydrogen-bond donors (Lipinski definition) is 1. The fraction of sp³-hybridized carbons (Fsp3) is 0.250. The molecule has 0 aliphatic rings. The van der Waals surface area contributed by atoms with Crippen molar-refractivity contribution in [3.05, 3.63) is 62.4 Å². The van der Waals surface area contributed by atoms with Crippen molar-refractivity contribution in [2.24, 2.45) is 0 Å². The maximum absolute atomic E-state index is 9.82. The Morgan fingerprint density at radius 1 is 1.07 bits per heavy atom. The highest BCUT2D eigenvalue weighted by Gasteiger charge is 2.11. The molecule has 0 spiro atoms. The van der Waals surface area contributed by atoms with Crippen molar-refractivity contribution in [2.75, 3.05) is 0 Å². The van der Waals surface area contributed by atoms with E-state index in [9.17, 15) is 5.11 Å². The zero-order valence-electron chi connectivity index (χ0n) is 15.2. The van der Waals surface area contributed by atoms with E-state index in [0.717, 1.165) is 22.4 Å². The number of nitrogens with zero attached hydrogens (tertiary/aromatic N) is 3. The first kappa shape index (κ1) is 19.8. The minimum absolute atomic E-state index is 0.142. The maximum atomic E-state index is 9.82.